The van der Waals surface area contributed by atoms with Gasteiger partial charge in [0.2, 0.25) is 0 Å². The van der Waals surface area contributed by atoms with E-state index in [-0.39, 0.29) is 0 Å². The summed E-state index contributed by atoms with van der Waals surface area (Å²) in [5.74, 6) is 2.39. The van der Waals surface area contributed by atoms with Crippen molar-refractivity contribution >= 4 is 0 Å². The number of hydrogen-bond acceptors (Lipinski definition) is 4. The van der Waals surface area contributed by atoms with E-state index in [1.165, 1.54) is 16.7 Å². The Balaban J connectivity index is 2.31. The molecule has 0 aromatic heterocycles. The van der Waals surface area contributed by atoms with E-state index >= 15 is 0 Å². The first-order valence-corrected chi connectivity index (χ1v) is 7.77. The molecule has 0 saturated heterocycles. The third kappa shape index (κ3) is 2.86. The van der Waals surface area contributed by atoms with E-state index in [9.17, 15) is 0 Å². The summed E-state index contributed by atoms with van der Waals surface area (Å²) in [6, 6.07) is 10.4. The van der Waals surface area contributed by atoms with Crippen LogP contribution in [0.15, 0.2) is 30.3 Å². The fraction of sp³-hybridized carbons (Fsp3) is 0.368. The van der Waals surface area contributed by atoms with Gasteiger partial charge in [0, 0.05) is 18.7 Å². The van der Waals surface area contributed by atoms with Gasteiger partial charge >= 0.3 is 0 Å². The Morgan fingerprint density at radius 3 is 2.39 bits per heavy atom. The molecule has 4 heteroatoms. The minimum atomic E-state index is 0.753. The lowest BCUT2D eigenvalue weighted by Gasteiger charge is -2.26. The van der Waals surface area contributed by atoms with Crippen LogP contribution < -0.4 is 14.2 Å². The molecule has 1 aliphatic rings. The molecule has 3 rings (SSSR count). The van der Waals surface area contributed by atoms with Gasteiger partial charge < -0.3 is 19.1 Å². The predicted octanol–water partition coefficient (Wildman–Crippen LogP) is 3.37. The fourth-order valence-corrected chi connectivity index (χ4v) is 3.21. The molecule has 0 atom stereocenters. The number of ether oxygens (including phenoxy) is 3. The minimum absolute atomic E-state index is 0.753. The van der Waals surface area contributed by atoms with Crippen molar-refractivity contribution < 1.29 is 14.2 Å². The van der Waals surface area contributed by atoms with E-state index in [4.69, 9.17) is 14.2 Å². The molecule has 1 aliphatic heterocycles. The van der Waals surface area contributed by atoms with Crippen molar-refractivity contribution in [2.45, 2.75) is 13.0 Å². The van der Waals surface area contributed by atoms with Gasteiger partial charge in [0.1, 0.15) is 5.75 Å². The molecule has 0 fully saturated rings. The van der Waals surface area contributed by atoms with Crippen molar-refractivity contribution in [2.24, 2.45) is 0 Å². The largest absolute Gasteiger partial charge is 0.497 e. The van der Waals surface area contributed by atoms with Gasteiger partial charge in [-0.2, -0.15) is 0 Å². The molecule has 0 saturated carbocycles. The molecule has 4 nitrogen and oxygen atoms in total. The summed E-state index contributed by atoms with van der Waals surface area (Å²) in [6.45, 7) is 1.90. The molecule has 0 radical (unpaired) electrons. The van der Waals surface area contributed by atoms with Gasteiger partial charge in [0.15, 0.2) is 11.5 Å². The number of rotatable bonds is 3. The molecule has 0 bridgehead atoms. The Labute approximate surface area is 137 Å². The Bertz CT molecular complexity index is 712. The average molecular weight is 313 g/mol. The van der Waals surface area contributed by atoms with Crippen molar-refractivity contribution in [3.8, 4) is 28.4 Å². The molecule has 0 unspecified atom stereocenters. The molecule has 23 heavy (non-hydrogen) atoms. The second-order valence-electron chi connectivity index (χ2n) is 5.85. The SMILES string of the molecule is COc1ccc2c(c1)-c1c(ccc(OC)c1OC)CN(C)CC2. The zero-order valence-electron chi connectivity index (χ0n) is 14.2. The lowest BCUT2D eigenvalue weighted by molar-refractivity contribution is 0.326. The van der Waals surface area contributed by atoms with E-state index in [1.54, 1.807) is 21.3 Å². The molecule has 122 valence electrons. The van der Waals surface area contributed by atoms with Crippen LogP contribution in [-0.4, -0.2) is 39.8 Å². The van der Waals surface area contributed by atoms with Gasteiger partial charge in [-0.25, -0.2) is 0 Å². The van der Waals surface area contributed by atoms with Crippen molar-refractivity contribution in [2.75, 3.05) is 34.9 Å². The van der Waals surface area contributed by atoms with Gasteiger partial charge in [-0.1, -0.05) is 12.1 Å². The second kappa shape index (κ2) is 6.50. The summed E-state index contributed by atoms with van der Waals surface area (Å²) < 4.78 is 16.7. The van der Waals surface area contributed by atoms with Crippen LogP contribution in [0.25, 0.3) is 11.1 Å². The molecule has 2 aromatic rings. The van der Waals surface area contributed by atoms with Crippen LogP contribution in [-0.2, 0) is 13.0 Å². The predicted molar refractivity (Wildman–Crippen MR) is 91.6 cm³/mol. The first kappa shape index (κ1) is 15.7. The summed E-state index contributed by atoms with van der Waals surface area (Å²) in [6.07, 6.45) is 0.996. The van der Waals surface area contributed by atoms with Gasteiger partial charge in [-0.3, -0.25) is 0 Å². The van der Waals surface area contributed by atoms with Crippen molar-refractivity contribution in [1.82, 2.24) is 4.90 Å². The molecule has 0 amide bonds. The highest BCUT2D eigenvalue weighted by atomic mass is 16.5. The van der Waals surface area contributed by atoms with Crippen LogP contribution in [0.1, 0.15) is 11.1 Å². The van der Waals surface area contributed by atoms with Crippen LogP contribution in [0.3, 0.4) is 0 Å². The maximum atomic E-state index is 5.71. The summed E-state index contributed by atoms with van der Waals surface area (Å²) in [4.78, 5) is 2.33. The van der Waals surface area contributed by atoms with Gasteiger partial charge in [0.05, 0.1) is 21.3 Å². The van der Waals surface area contributed by atoms with Crippen molar-refractivity contribution in [1.29, 1.82) is 0 Å². The Hall–Kier alpha value is -2.20. The summed E-state index contributed by atoms with van der Waals surface area (Å²) >= 11 is 0. The number of likely N-dealkylation sites (N-methyl/N-ethyl adjacent to an activating group) is 1. The summed E-state index contributed by atoms with van der Waals surface area (Å²) in [5.41, 5.74) is 4.81. The first-order valence-electron chi connectivity index (χ1n) is 7.77. The van der Waals surface area contributed by atoms with Crippen LogP contribution >= 0.6 is 0 Å². The van der Waals surface area contributed by atoms with E-state index < -0.39 is 0 Å². The van der Waals surface area contributed by atoms with Crippen LogP contribution in [0, 0.1) is 0 Å². The number of methoxy groups -OCH3 is 3. The third-order valence-electron chi connectivity index (χ3n) is 4.42. The molecule has 0 N–H and O–H groups in total. The number of fused-ring (bicyclic) bond motifs is 3. The van der Waals surface area contributed by atoms with Crippen molar-refractivity contribution in [3.63, 3.8) is 0 Å². The summed E-state index contributed by atoms with van der Waals surface area (Å²) in [7, 11) is 7.21. The highest BCUT2D eigenvalue weighted by Crippen LogP contribution is 2.44. The normalized spacial score (nSPS) is 14.3. The van der Waals surface area contributed by atoms with Gasteiger partial charge in [0.25, 0.3) is 0 Å². The average Bonchev–Trinajstić information content (AvgIpc) is 2.58. The monoisotopic (exact) mass is 313 g/mol. The molecule has 0 aliphatic carbocycles. The smallest absolute Gasteiger partial charge is 0.168 e. The highest BCUT2D eigenvalue weighted by Gasteiger charge is 2.22. The molecule has 2 aromatic carbocycles. The van der Waals surface area contributed by atoms with E-state index in [2.05, 4.69) is 30.1 Å². The van der Waals surface area contributed by atoms with Crippen LogP contribution in [0.5, 0.6) is 17.2 Å². The second-order valence-corrected chi connectivity index (χ2v) is 5.85. The maximum Gasteiger partial charge on any atom is 0.168 e. The molecular formula is C19H23NO3. The minimum Gasteiger partial charge on any atom is -0.497 e. The quantitative estimate of drug-likeness (QED) is 0.869. The third-order valence-corrected chi connectivity index (χ3v) is 4.42. The lowest BCUT2D eigenvalue weighted by Crippen LogP contribution is -2.23. The molecule has 0 spiro atoms. The Kier molecular flexibility index (Phi) is 4.44. The summed E-state index contributed by atoms with van der Waals surface area (Å²) in [5, 5.41) is 0. The highest BCUT2D eigenvalue weighted by molar-refractivity contribution is 5.80. The van der Waals surface area contributed by atoms with Crippen molar-refractivity contribution in [3.05, 3.63) is 41.5 Å². The zero-order chi connectivity index (χ0) is 16.4. The Morgan fingerprint density at radius 1 is 0.913 bits per heavy atom. The van der Waals surface area contributed by atoms with Gasteiger partial charge in [-0.15, -0.1) is 0 Å². The zero-order valence-corrected chi connectivity index (χ0v) is 14.2. The van der Waals surface area contributed by atoms with E-state index in [0.29, 0.717) is 0 Å². The number of hydrogen-bond donors (Lipinski definition) is 0. The number of benzene rings is 2. The maximum absolute atomic E-state index is 5.71. The standard InChI is InChI=1S/C19H23NO3/c1-20-10-9-13-5-7-15(21-2)11-16(13)18-14(12-20)6-8-17(22-3)19(18)23-4/h5-8,11H,9-10,12H2,1-4H3. The lowest BCUT2D eigenvalue weighted by atomic mass is 9.90. The molecular weight excluding hydrogens is 290 g/mol. The Morgan fingerprint density at radius 2 is 1.70 bits per heavy atom. The van der Waals surface area contributed by atoms with Crippen LogP contribution in [0.2, 0.25) is 0 Å². The topological polar surface area (TPSA) is 30.9 Å². The van der Waals surface area contributed by atoms with Gasteiger partial charge in [-0.05, 0) is 48.4 Å². The van der Waals surface area contributed by atoms with E-state index in [1.807, 2.05) is 12.1 Å². The molecule has 1 heterocycles. The number of nitrogens with zero attached hydrogens (tertiary/aromatic N) is 1. The van der Waals surface area contributed by atoms with E-state index in [0.717, 1.165) is 42.3 Å². The first-order chi connectivity index (χ1) is 11.2. The fourth-order valence-electron chi connectivity index (χ4n) is 3.21. The van der Waals surface area contributed by atoms with Crippen LogP contribution in [0.4, 0.5) is 0 Å².